The lowest BCUT2D eigenvalue weighted by molar-refractivity contribution is -0.128. The van der Waals surface area contributed by atoms with Gasteiger partial charge in [0.1, 0.15) is 5.78 Å². The Balaban J connectivity index is 2.36. The largest absolute Gasteiger partial charge is 0.298 e. The van der Waals surface area contributed by atoms with Crippen LogP contribution in [0, 0.1) is 11.3 Å². The van der Waals surface area contributed by atoms with E-state index in [0.717, 1.165) is 25.7 Å². The van der Waals surface area contributed by atoms with Gasteiger partial charge in [0.25, 0.3) is 0 Å². The van der Waals surface area contributed by atoms with Crippen molar-refractivity contribution in [2.45, 2.75) is 32.6 Å². The lowest BCUT2D eigenvalue weighted by Crippen LogP contribution is -2.30. The van der Waals surface area contributed by atoms with Crippen molar-refractivity contribution in [1.82, 2.24) is 0 Å². The van der Waals surface area contributed by atoms with Crippen LogP contribution in [0.15, 0.2) is 12.2 Å². The van der Waals surface area contributed by atoms with Gasteiger partial charge in [0, 0.05) is 11.3 Å². The van der Waals surface area contributed by atoms with Crippen molar-refractivity contribution >= 4 is 5.78 Å². The second-order valence-electron chi connectivity index (χ2n) is 4.17. The van der Waals surface area contributed by atoms with Gasteiger partial charge in [-0.1, -0.05) is 19.1 Å². The highest BCUT2D eigenvalue weighted by atomic mass is 16.1. The molecule has 11 heavy (non-hydrogen) atoms. The molecule has 0 radical (unpaired) electrons. The summed E-state index contributed by atoms with van der Waals surface area (Å²) in [6, 6.07) is 0. The highest BCUT2D eigenvalue weighted by Gasteiger charge is 2.47. The Morgan fingerprint density at radius 3 is 2.91 bits per heavy atom. The highest BCUT2D eigenvalue weighted by Crippen LogP contribution is 2.49. The molecule has 2 fully saturated rings. The molecule has 60 valence electrons. The van der Waals surface area contributed by atoms with Crippen LogP contribution < -0.4 is 0 Å². The molecular formula is C10H14O. The van der Waals surface area contributed by atoms with Crippen molar-refractivity contribution in [2.24, 2.45) is 11.3 Å². The quantitative estimate of drug-likeness (QED) is 0.484. The molecule has 0 spiro atoms. The van der Waals surface area contributed by atoms with Crippen molar-refractivity contribution in [2.75, 3.05) is 0 Å². The topological polar surface area (TPSA) is 17.1 Å². The molecule has 0 aromatic carbocycles. The first-order valence-corrected chi connectivity index (χ1v) is 4.35. The van der Waals surface area contributed by atoms with Crippen LogP contribution in [0.2, 0.25) is 0 Å². The Morgan fingerprint density at radius 2 is 2.27 bits per heavy atom. The Hall–Kier alpha value is -0.590. The van der Waals surface area contributed by atoms with Gasteiger partial charge in [-0.05, 0) is 25.7 Å². The van der Waals surface area contributed by atoms with Crippen LogP contribution in [0.4, 0.5) is 0 Å². The van der Waals surface area contributed by atoms with Crippen LogP contribution in [-0.2, 0) is 4.79 Å². The number of Topliss-reactive ketones (excluding diaryl/α,β-unsaturated/α-hetero) is 1. The van der Waals surface area contributed by atoms with E-state index >= 15 is 0 Å². The molecule has 1 heteroatoms. The van der Waals surface area contributed by atoms with Gasteiger partial charge >= 0.3 is 0 Å². The van der Waals surface area contributed by atoms with Crippen LogP contribution in [-0.4, -0.2) is 5.78 Å². The van der Waals surface area contributed by atoms with Crippen molar-refractivity contribution in [1.29, 1.82) is 0 Å². The molecule has 2 rings (SSSR count). The third-order valence-corrected chi connectivity index (χ3v) is 3.39. The fourth-order valence-electron chi connectivity index (χ4n) is 2.39. The van der Waals surface area contributed by atoms with Gasteiger partial charge in [-0.15, -0.1) is 0 Å². The normalized spacial score (nSPS) is 43.2. The zero-order valence-corrected chi connectivity index (χ0v) is 7.02. The maximum Gasteiger partial charge on any atom is 0.145 e. The molecule has 2 saturated carbocycles. The molecule has 2 aliphatic carbocycles. The number of carbonyl (C=O) groups excluding carboxylic acids is 1. The first kappa shape index (κ1) is 7.08. The van der Waals surface area contributed by atoms with E-state index in [-0.39, 0.29) is 11.3 Å². The van der Waals surface area contributed by atoms with Crippen molar-refractivity contribution < 1.29 is 4.79 Å². The first-order valence-electron chi connectivity index (χ1n) is 4.35. The monoisotopic (exact) mass is 150 g/mol. The fraction of sp³-hybridized carbons (Fsp3) is 0.700. The molecular weight excluding hydrogens is 136 g/mol. The van der Waals surface area contributed by atoms with E-state index in [4.69, 9.17) is 0 Å². The summed E-state index contributed by atoms with van der Waals surface area (Å²) in [6.07, 6.45) is 4.28. The third kappa shape index (κ3) is 0.800. The van der Waals surface area contributed by atoms with E-state index in [2.05, 4.69) is 13.5 Å². The zero-order valence-electron chi connectivity index (χ0n) is 7.02. The first-order chi connectivity index (χ1) is 5.13. The number of hydrogen-bond donors (Lipinski definition) is 0. The van der Waals surface area contributed by atoms with E-state index < -0.39 is 0 Å². The predicted molar refractivity (Wildman–Crippen MR) is 44.2 cm³/mol. The van der Waals surface area contributed by atoms with Gasteiger partial charge in [-0.25, -0.2) is 0 Å². The average molecular weight is 150 g/mol. The summed E-state index contributed by atoms with van der Waals surface area (Å²) < 4.78 is 0. The summed E-state index contributed by atoms with van der Waals surface area (Å²) >= 11 is 0. The summed E-state index contributed by atoms with van der Waals surface area (Å²) in [5.74, 6) is 0.697. The maximum absolute atomic E-state index is 11.7. The highest BCUT2D eigenvalue weighted by molar-refractivity contribution is 5.92. The Bertz CT molecular complexity index is 229. The van der Waals surface area contributed by atoms with Gasteiger partial charge in [-0.2, -0.15) is 0 Å². The molecule has 2 bridgehead atoms. The van der Waals surface area contributed by atoms with E-state index in [1.54, 1.807) is 0 Å². The second kappa shape index (κ2) is 1.96. The van der Waals surface area contributed by atoms with E-state index in [1.165, 1.54) is 5.57 Å². The van der Waals surface area contributed by atoms with Crippen molar-refractivity contribution in [3.8, 4) is 0 Å². The minimum absolute atomic E-state index is 0.0336. The van der Waals surface area contributed by atoms with E-state index in [9.17, 15) is 4.79 Å². The Labute approximate surface area is 67.5 Å². The zero-order chi connectivity index (χ0) is 8.06. The third-order valence-electron chi connectivity index (χ3n) is 3.39. The number of carbonyl (C=O) groups is 1. The van der Waals surface area contributed by atoms with Crippen LogP contribution in [0.1, 0.15) is 32.6 Å². The van der Waals surface area contributed by atoms with Crippen LogP contribution >= 0.6 is 0 Å². The molecule has 0 saturated heterocycles. The standard InChI is InChI=1S/C10H14O/c1-7-3-5-10(2)6-4-8(7)9(10)11/h8H,1,3-6H2,2H3/t8-,10-/m0/s1. The van der Waals surface area contributed by atoms with Crippen LogP contribution in [0.5, 0.6) is 0 Å². The van der Waals surface area contributed by atoms with Crippen molar-refractivity contribution in [3.63, 3.8) is 0 Å². The molecule has 0 aromatic rings. The second-order valence-corrected chi connectivity index (χ2v) is 4.17. The molecule has 2 aliphatic rings. The smallest absolute Gasteiger partial charge is 0.145 e. The number of hydrogen-bond acceptors (Lipinski definition) is 1. The van der Waals surface area contributed by atoms with Gasteiger partial charge in [-0.3, -0.25) is 4.79 Å². The van der Waals surface area contributed by atoms with Crippen LogP contribution in [0.3, 0.4) is 0 Å². The lowest BCUT2D eigenvalue weighted by Gasteiger charge is -2.28. The molecule has 0 aromatic heterocycles. The lowest BCUT2D eigenvalue weighted by atomic mass is 9.74. The minimum Gasteiger partial charge on any atom is -0.298 e. The molecule has 0 aliphatic heterocycles. The van der Waals surface area contributed by atoms with Gasteiger partial charge in [0.05, 0.1) is 0 Å². The van der Waals surface area contributed by atoms with E-state index in [0.29, 0.717) is 5.78 Å². The Kier molecular flexibility index (Phi) is 1.26. The summed E-state index contributed by atoms with van der Waals surface area (Å²) in [7, 11) is 0. The minimum atomic E-state index is 0.0336. The summed E-state index contributed by atoms with van der Waals surface area (Å²) in [5.41, 5.74) is 1.22. The van der Waals surface area contributed by atoms with Crippen LogP contribution in [0.25, 0.3) is 0 Å². The van der Waals surface area contributed by atoms with Crippen molar-refractivity contribution in [3.05, 3.63) is 12.2 Å². The molecule has 1 nitrogen and oxygen atoms in total. The molecule has 0 heterocycles. The number of ketones is 1. The number of allylic oxidation sites excluding steroid dienone is 1. The average Bonchev–Trinajstić information content (AvgIpc) is 2.14. The summed E-state index contributed by atoms with van der Waals surface area (Å²) in [5, 5.41) is 0. The number of rotatable bonds is 0. The van der Waals surface area contributed by atoms with Gasteiger partial charge < -0.3 is 0 Å². The van der Waals surface area contributed by atoms with Gasteiger partial charge in [0.2, 0.25) is 0 Å². The summed E-state index contributed by atoms with van der Waals surface area (Å²) in [4.78, 5) is 11.7. The fourth-order valence-corrected chi connectivity index (χ4v) is 2.39. The predicted octanol–water partition coefficient (Wildman–Crippen LogP) is 2.32. The van der Waals surface area contributed by atoms with E-state index in [1.807, 2.05) is 0 Å². The molecule has 0 N–H and O–H groups in total. The summed E-state index contributed by atoms with van der Waals surface area (Å²) in [6.45, 7) is 6.07. The SMILES string of the molecule is C=C1CC[C@@]2(C)CC[C@@H]1C2=O. The molecule has 0 amide bonds. The van der Waals surface area contributed by atoms with Gasteiger partial charge in [0.15, 0.2) is 0 Å². The number of fused-ring (bicyclic) bond motifs is 2. The molecule has 0 unspecified atom stereocenters. The molecule has 2 atom stereocenters. The maximum atomic E-state index is 11.7. The Morgan fingerprint density at radius 1 is 1.55 bits per heavy atom.